The summed E-state index contributed by atoms with van der Waals surface area (Å²) in [4.78, 5) is 0. The molecule has 1 aliphatic rings. The van der Waals surface area contributed by atoms with Gasteiger partial charge >= 0.3 is 25.9 Å². The average Bonchev–Trinajstić information content (AvgIpc) is 3.91. The molecule has 1 aliphatic heterocycles. The standard InChI is InChI=1S/C47H36OP2.C3H5.CHF3O3S.Pd/c1-47(2)37-25-15-27-43(49-39(33-17-7-3-8-18-33)29-30-40(49)34-19-9-4-10-20-34)45(37)48-46-38(47)26-16-28-44(46)50-41(35-21-11-5-12-22-35)31-32-42(50)36-23-13-6-14-24-36;1-3-2;2-1(3,4)8(5,6)7;/h3-32H,1-2H3;3H,1-2H2;(H,5,6,7);/q;;;+2/p-1. The van der Waals surface area contributed by atoms with E-state index in [1.54, 1.807) is 0 Å². The number of halogens is 3. The van der Waals surface area contributed by atoms with E-state index in [1.807, 2.05) is 0 Å². The largest absolute Gasteiger partial charge is 2.00 e. The Morgan fingerprint density at radius 1 is 0.516 bits per heavy atom. The average molecular weight is 975 g/mol. The van der Waals surface area contributed by atoms with Crippen LogP contribution in [0.3, 0.4) is 0 Å². The van der Waals surface area contributed by atoms with Crippen LogP contribution < -0.4 is 4.74 Å². The molecule has 6 aromatic carbocycles. The van der Waals surface area contributed by atoms with Gasteiger partial charge in [0.2, 0.25) is 0 Å². The molecule has 0 saturated heterocycles. The fourth-order valence-electron chi connectivity index (χ4n) is 7.58. The molecular formula is C51H41F3O4P2PdS+. The topological polar surface area (TPSA) is 66.4 Å². The van der Waals surface area contributed by atoms with Gasteiger partial charge in [0.1, 0.15) is 11.5 Å². The van der Waals surface area contributed by atoms with Gasteiger partial charge in [-0.25, -0.2) is 8.42 Å². The summed E-state index contributed by atoms with van der Waals surface area (Å²) in [5.74, 6) is 2.03. The van der Waals surface area contributed by atoms with Crippen LogP contribution in [-0.2, 0) is 36.0 Å². The molecule has 0 atom stereocenters. The Balaban J connectivity index is 0.000000478. The first-order chi connectivity index (χ1) is 29.3. The van der Waals surface area contributed by atoms with Crippen LogP contribution in [0.4, 0.5) is 13.2 Å². The first-order valence-corrected chi connectivity index (χ1v) is 23.4. The summed E-state index contributed by atoms with van der Waals surface area (Å²) in [6.07, 6.45) is 1.50. The molecule has 0 bridgehead atoms. The van der Waals surface area contributed by atoms with Gasteiger partial charge in [0.25, 0.3) is 0 Å². The molecule has 9 rings (SSSR count). The van der Waals surface area contributed by atoms with Gasteiger partial charge in [-0.2, -0.15) is 13.2 Å². The van der Waals surface area contributed by atoms with E-state index in [0.717, 1.165) is 11.5 Å². The van der Waals surface area contributed by atoms with Gasteiger partial charge < -0.3 is 9.29 Å². The van der Waals surface area contributed by atoms with Crippen molar-refractivity contribution in [2.45, 2.75) is 24.8 Å². The molecule has 0 unspecified atom stereocenters. The van der Waals surface area contributed by atoms with Crippen molar-refractivity contribution in [3.63, 3.8) is 0 Å². The van der Waals surface area contributed by atoms with Crippen LogP contribution in [0.15, 0.2) is 182 Å². The number of hydrogen-bond donors (Lipinski definition) is 0. The summed E-state index contributed by atoms with van der Waals surface area (Å²) in [7, 11) is -7.88. The van der Waals surface area contributed by atoms with E-state index < -0.39 is 30.7 Å². The van der Waals surface area contributed by atoms with Crippen molar-refractivity contribution < 1.29 is 51.3 Å². The van der Waals surface area contributed by atoms with Crippen LogP contribution in [0.1, 0.15) is 25.0 Å². The molecule has 315 valence electrons. The van der Waals surface area contributed by atoms with Gasteiger partial charge in [0, 0.05) is 48.3 Å². The molecule has 8 aromatic rings. The first-order valence-electron chi connectivity index (χ1n) is 19.3. The van der Waals surface area contributed by atoms with Crippen LogP contribution in [0.2, 0.25) is 0 Å². The Morgan fingerprint density at radius 3 is 1.02 bits per heavy atom. The quantitative estimate of drug-likeness (QED) is 0.0946. The number of benzene rings is 6. The van der Waals surface area contributed by atoms with E-state index in [1.165, 1.54) is 71.6 Å². The molecule has 0 saturated carbocycles. The monoisotopic (exact) mass is 974 g/mol. The maximum Gasteiger partial charge on any atom is 2.00 e. The summed E-state index contributed by atoms with van der Waals surface area (Å²) in [5.41, 5.74) is 1.63. The molecule has 2 aromatic heterocycles. The molecular weight excluding hydrogens is 934 g/mol. The molecule has 0 fully saturated rings. The zero-order valence-electron chi connectivity index (χ0n) is 33.7. The van der Waals surface area contributed by atoms with Gasteiger partial charge in [-0.05, 0) is 78.9 Å². The molecule has 62 heavy (non-hydrogen) atoms. The molecule has 0 spiro atoms. The Morgan fingerprint density at radius 2 is 0.774 bits per heavy atom. The van der Waals surface area contributed by atoms with E-state index in [4.69, 9.17) is 17.7 Å². The first kappa shape index (κ1) is 46.5. The fraction of sp³-hybridized carbons (Fsp3) is 0.0784. The number of alkyl halides is 3. The van der Waals surface area contributed by atoms with Crippen LogP contribution in [0.5, 0.6) is 11.5 Å². The maximum atomic E-state index is 10.7. The second-order valence-electron chi connectivity index (χ2n) is 14.6. The van der Waals surface area contributed by atoms with Crippen LogP contribution in [-0.4, -0.2) is 18.5 Å². The van der Waals surface area contributed by atoms with Crippen molar-refractivity contribution in [2.75, 3.05) is 0 Å². The molecule has 0 amide bonds. The summed E-state index contributed by atoms with van der Waals surface area (Å²) < 4.78 is 66.4. The zero-order valence-corrected chi connectivity index (χ0v) is 37.9. The minimum Gasteiger partial charge on any atom is -0.741 e. The van der Waals surface area contributed by atoms with Gasteiger partial charge in [-0.15, -0.1) is 0 Å². The molecule has 3 radical (unpaired) electrons. The molecule has 11 heteroatoms. The third-order valence-electron chi connectivity index (χ3n) is 10.3. The molecule has 0 N–H and O–H groups in total. The zero-order chi connectivity index (χ0) is 43.4. The second kappa shape index (κ2) is 19.6. The predicted octanol–water partition coefficient (Wildman–Crippen LogP) is 15.6. The Bertz CT molecular complexity index is 2570. The van der Waals surface area contributed by atoms with Crippen LogP contribution >= 0.6 is 15.1 Å². The molecule has 0 aliphatic carbocycles. The molecule has 4 nitrogen and oxygen atoms in total. The maximum absolute atomic E-state index is 10.7. The predicted molar refractivity (Wildman–Crippen MR) is 246 cm³/mol. The van der Waals surface area contributed by atoms with Gasteiger partial charge in [0.05, 0.1) is 0 Å². The summed E-state index contributed by atoms with van der Waals surface area (Å²) in [6.45, 7) is 11.2. The van der Waals surface area contributed by atoms with Crippen molar-refractivity contribution in [1.82, 2.24) is 0 Å². The van der Waals surface area contributed by atoms with Crippen molar-refractivity contribution in [2.24, 2.45) is 0 Å². The summed E-state index contributed by atoms with van der Waals surface area (Å²) >= 11 is 0. The summed E-state index contributed by atoms with van der Waals surface area (Å²) in [6, 6.07) is 66.6. The Kier molecular flexibility index (Phi) is 14.7. The Hall–Kier alpha value is -4.96. The third-order valence-corrected chi connectivity index (χ3v) is 16.1. The van der Waals surface area contributed by atoms with E-state index in [2.05, 4.69) is 210 Å². The number of hydrogen-bond acceptors (Lipinski definition) is 4. The van der Waals surface area contributed by atoms with Crippen molar-refractivity contribution in [1.29, 1.82) is 0 Å². The fourth-order valence-corrected chi connectivity index (χ4v) is 12.9. The normalized spacial score (nSPS) is 12.5. The minimum absolute atomic E-state index is 0. The second-order valence-corrected chi connectivity index (χ2v) is 20.2. The third kappa shape index (κ3) is 9.51. The SMILES string of the molecule is CC1(C)c2cccc(-p3c(-c4ccccc4)ccc3-c3ccccc3)c2Oc2c(-p3c(-c4ccccc4)ccc3-c3ccccc3)cccc21.O=S(=O)([O-])C(F)(F)F.[CH2][CH][CH2].[Pd+2]. The van der Waals surface area contributed by atoms with Gasteiger partial charge in [-0.1, -0.05) is 175 Å². The van der Waals surface area contributed by atoms with Crippen molar-refractivity contribution in [3.8, 4) is 65.5 Å². The van der Waals surface area contributed by atoms with Gasteiger partial charge in [-0.3, -0.25) is 0 Å². The van der Waals surface area contributed by atoms with Crippen LogP contribution in [0, 0.1) is 20.3 Å². The van der Waals surface area contributed by atoms with Crippen LogP contribution in [0.25, 0.3) is 54.0 Å². The number of para-hydroxylation sites is 2. The Labute approximate surface area is 378 Å². The smallest absolute Gasteiger partial charge is 0.741 e. The minimum atomic E-state index is -6.09. The van der Waals surface area contributed by atoms with E-state index >= 15 is 0 Å². The number of fused-ring (bicyclic) bond motifs is 2. The van der Waals surface area contributed by atoms with Gasteiger partial charge in [0.15, 0.2) is 10.1 Å². The van der Waals surface area contributed by atoms with E-state index in [9.17, 15) is 13.2 Å². The molecule has 3 heterocycles. The number of ether oxygens (including phenoxy) is 1. The van der Waals surface area contributed by atoms with Crippen molar-refractivity contribution in [3.05, 3.63) is 213 Å². The van der Waals surface area contributed by atoms with E-state index in [0.29, 0.717) is 0 Å². The van der Waals surface area contributed by atoms with E-state index in [-0.39, 0.29) is 25.8 Å². The number of rotatable bonds is 6. The summed E-state index contributed by atoms with van der Waals surface area (Å²) in [5, 5.41) is 7.97. The van der Waals surface area contributed by atoms with Crippen molar-refractivity contribution >= 4 is 25.2 Å².